The van der Waals surface area contributed by atoms with E-state index in [0.29, 0.717) is 0 Å². The normalized spacial score (nSPS) is 4.29. The van der Waals surface area contributed by atoms with E-state index in [-0.39, 0.29) is 49.0 Å². The van der Waals surface area contributed by atoms with Crippen LogP contribution >= 0.6 is 0 Å². The van der Waals surface area contributed by atoms with E-state index in [2.05, 4.69) is 0 Å². The van der Waals surface area contributed by atoms with Crippen molar-refractivity contribution in [3.8, 4) is 0 Å². The van der Waals surface area contributed by atoms with Crippen LogP contribution in [0, 0.1) is 14.9 Å². The van der Waals surface area contributed by atoms with Gasteiger partial charge in [-0.1, -0.05) is 0 Å². The summed E-state index contributed by atoms with van der Waals surface area (Å²) in [5.74, 6) is 0. The molecule has 0 aromatic rings. The molecular weight excluding hydrogens is 271 g/mol. The van der Waals surface area contributed by atoms with Crippen molar-refractivity contribution in [1.29, 1.82) is 0 Å². The SMILES string of the molecule is [CH3-].[CH3-].[NH-]CC[NH-].[Pt+4]. The first-order valence-electron chi connectivity index (χ1n) is 1.21. The maximum absolute atomic E-state index is 6.26. The smallest absolute Gasteiger partial charge is 0.679 e. The van der Waals surface area contributed by atoms with Crippen molar-refractivity contribution < 1.29 is 21.1 Å². The van der Waals surface area contributed by atoms with E-state index < -0.39 is 0 Å². The Kier molecular flexibility index (Phi) is 111. The Balaban J connectivity index is -0.0000000150. The standard InChI is InChI=1S/C2H6N2.2CH3.Pt/c3-1-2-4;;;/h3-4H,1-2H2;2*1H3;/q-2;2*-1;+4. The van der Waals surface area contributed by atoms with E-state index in [1.165, 1.54) is 0 Å². The summed E-state index contributed by atoms with van der Waals surface area (Å²) in [7, 11) is 0. The van der Waals surface area contributed by atoms with Gasteiger partial charge in [0.25, 0.3) is 0 Å². The molecule has 0 heterocycles. The van der Waals surface area contributed by atoms with Crippen LogP contribution in [-0.2, 0) is 21.1 Å². The summed E-state index contributed by atoms with van der Waals surface area (Å²) in [5, 5.41) is 0. The molecule has 0 aliphatic heterocycles. The van der Waals surface area contributed by atoms with Gasteiger partial charge in [0.05, 0.1) is 0 Å². The fraction of sp³-hybridized carbons (Fsp3) is 0.500. The van der Waals surface area contributed by atoms with Gasteiger partial charge in [-0.2, -0.15) is 13.1 Å². The van der Waals surface area contributed by atoms with Crippen LogP contribution in [0.1, 0.15) is 0 Å². The predicted octanol–water partition coefficient (Wildman–Crippen LogP) is 1.99. The van der Waals surface area contributed by atoms with Crippen LogP contribution < -0.4 is 0 Å². The molecule has 0 rings (SSSR count). The Hall–Kier alpha value is 0.608. The molecule has 0 saturated heterocycles. The summed E-state index contributed by atoms with van der Waals surface area (Å²) < 4.78 is 0. The molecule has 0 fully saturated rings. The molecule has 7 heavy (non-hydrogen) atoms. The van der Waals surface area contributed by atoms with Crippen LogP contribution in [0.4, 0.5) is 0 Å². The summed E-state index contributed by atoms with van der Waals surface area (Å²) >= 11 is 0. The van der Waals surface area contributed by atoms with Crippen molar-refractivity contribution in [1.82, 2.24) is 0 Å². The van der Waals surface area contributed by atoms with Crippen molar-refractivity contribution in [3.63, 3.8) is 0 Å². The first-order valence-corrected chi connectivity index (χ1v) is 1.21. The number of nitrogens with one attached hydrogen (secondary N) is 2. The molecule has 2 nitrogen and oxygen atoms in total. The first-order chi connectivity index (χ1) is 1.91. The van der Waals surface area contributed by atoms with Gasteiger partial charge in [0, 0.05) is 0 Å². The van der Waals surface area contributed by atoms with E-state index >= 15 is 0 Å². The quantitative estimate of drug-likeness (QED) is 0.661. The minimum absolute atomic E-state index is 0. The van der Waals surface area contributed by atoms with Gasteiger partial charge in [-0.25, -0.2) is 0 Å². The summed E-state index contributed by atoms with van der Waals surface area (Å²) in [6.07, 6.45) is 0. The topological polar surface area (TPSA) is 47.6 Å². The zero-order valence-electron chi connectivity index (χ0n) is 4.73. The fourth-order valence-electron chi connectivity index (χ4n) is 0. The van der Waals surface area contributed by atoms with Crippen LogP contribution in [-0.4, -0.2) is 13.1 Å². The predicted molar refractivity (Wildman–Crippen MR) is 31.2 cm³/mol. The van der Waals surface area contributed by atoms with E-state index in [0.717, 1.165) is 0 Å². The molecule has 0 aliphatic rings. The third-order valence-electron chi connectivity index (χ3n) is 0.125. The molecule has 3 heteroatoms. The van der Waals surface area contributed by atoms with Crippen LogP contribution in [0.15, 0.2) is 0 Å². The van der Waals surface area contributed by atoms with E-state index in [1.54, 1.807) is 0 Å². The second-order valence-corrected chi connectivity index (χ2v) is 0.500. The molecule has 0 aromatic heterocycles. The third-order valence-corrected chi connectivity index (χ3v) is 0.125. The van der Waals surface area contributed by atoms with Crippen molar-refractivity contribution >= 4 is 0 Å². The largest absolute Gasteiger partial charge is 4.00 e. The van der Waals surface area contributed by atoms with Gasteiger partial charge in [0.15, 0.2) is 0 Å². The molecule has 0 unspecified atom stereocenters. The molecule has 0 radical (unpaired) electrons. The van der Waals surface area contributed by atoms with Crippen LogP contribution in [0.25, 0.3) is 11.5 Å². The average molecular weight is 283 g/mol. The monoisotopic (exact) mass is 283 g/mol. The Labute approximate surface area is 60.9 Å². The van der Waals surface area contributed by atoms with E-state index in [1.807, 2.05) is 0 Å². The van der Waals surface area contributed by atoms with Gasteiger partial charge < -0.3 is 26.3 Å². The molecule has 0 aliphatic carbocycles. The number of hydrogen-bond donors (Lipinski definition) is 0. The van der Waals surface area contributed by atoms with Crippen molar-refractivity contribution in [2.75, 3.05) is 13.1 Å². The molecular formula is C4H12N2Pt. The van der Waals surface area contributed by atoms with Crippen molar-refractivity contribution in [2.24, 2.45) is 0 Å². The molecule has 0 saturated carbocycles. The minimum atomic E-state index is 0. The number of hydrogen-bond acceptors (Lipinski definition) is 0. The Morgan fingerprint density at radius 3 is 1.00 bits per heavy atom. The maximum atomic E-state index is 6.26. The van der Waals surface area contributed by atoms with Crippen LogP contribution in [0.2, 0.25) is 0 Å². The second kappa shape index (κ2) is 30.6. The molecule has 0 atom stereocenters. The van der Waals surface area contributed by atoms with Gasteiger partial charge in [-0.05, 0) is 0 Å². The zero-order chi connectivity index (χ0) is 3.41. The summed E-state index contributed by atoms with van der Waals surface area (Å²) in [4.78, 5) is 0. The fourth-order valence-corrected chi connectivity index (χ4v) is 0. The van der Waals surface area contributed by atoms with Gasteiger partial charge in [-0.15, -0.1) is 0 Å². The van der Waals surface area contributed by atoms with Crippen molar-refractivity contribution in [2.45, 2.75) is 0 Å². The molecule has 0 spiro atoms. The van der Waals surface area contributed by atoms with Crippen LogP contribution in [0.5, 0.6) is 0 Å². The van der Waals surface area contributed by atoms with Gasteiger partial charge in [0.1, 0.15) is 0 Å². The summed E-state index contributed by atoms with van der Waals surface area (Å²) in [5.41, 5.74) is 12.5. The third kappa shape index (κ3) is 54.3. The molecule has 48 valence electrons. The molecule has 0 aromatic carbocycles. The summed E-state index contributed by atoms with van der Waals surface area (Å²) in [6.45, 7) is 0.472. The Morgan fingerprint density at radius 1 is 0.857 bits per heavy atom. The van der Waals surface area contributed by atoms with E-state index in [9.17, 15) is 0 Å². The summed E-state index contributed by atoms with van der Waals surface area (Å²) in [6, 6.07) is 0. The Bertz CT molecular complexity index is 11.7. The van der Waals surface area contributed by atoms with Crippen molar-refractivity contribution in [3.05, 3.63) is 26.3 Å². The number of rotatable bonds is 1. The first kappa shape index (κ1) is 25.5. The minimum Gasteiger partial charge on any atom is -0.679 e. The maximum Gasteiger partial charge on any atom is 4.00 e. The molecule has 0 bridgehead atoms. The van der Waals surface area contributed by atoms with E-state index in [4.69, 9.17) is 11.5 Å². The van der Waals surface area contributed by atoms with Gasteiger partial charge in [-0.3, -0.25) is 0 Å². The second-order valence-electron chi connectivity index (χ2n) is 0.500. The molecule has 0 amide bonds. The zero-order valence-corrected chi connectivity index (χ0v) is 7.00. The Morgan fingerprint density at radius 2 is 1.00 bits per heavy atom. The molecule has 2 N–H and O–H groups in total. The van der Waals surface area contributed by atoms with Gasteiger partial charge in [0.2, 0.25) is 0 Å². The average Bonchev–Trinajstić information content (AvgIpc) is 1.37. The van der Waals surface area contributed by atoms with Crippen LogP contribution in [0.3, 0.4) is 0 Å². The van der Waals surface area contributed by atoms with Gasteiger partial charge >= 0.3 is 21.1 Å².